The lowest BCUT2D eigenvalue weighted by molar-refractivity contribution is 1.07. The van der Waals surface area contributed by atoms with E-state index in [1.165, 1.54) is 5.56 Å². The largest absolute Gasteiger partial charge is 0.326 e. The third kappa shape index (κ3) is 2.22. The van der Waals surface area contributed by atoms with Gasteiger partial charge in [0.2, 0.25) is 0 Å². The molecule has 1 aromatic heterocycles. The molecule has 0 bridgehead atoms. The fourth-order valence-electron chi connectivity index (χ4n) is 1.51. The summed E-state index contributed by atoms with van der Waals surface area (Å²) < 4.78 is 0. The zero-order valence-corrected chi connectivity index (χ0v) is 8.77. The number of rotatable bonds is 2. The topological polar surface area (TPSA) is 38.9 Å². The Morgan fingerprint density at radius 3 is 2.47 bits per heavy atom. The van der Waals surface area contributed by atoms with Crippen molar-refractivity contribution in [1.82, 2.24) is 4.98 Å². The summed E-state index contributed by atoms with van der Waals surface area (Å²) in [5.41, 5.74) is 10.1. The Kier molecular flexibility index (Phi) is 2.79. The molecule has 15 heavy (non-hydrogen) atoms. The Bertz CT molecular complexity index is 446. The molecule has 1 heterocycles. The molecule has 0 atom stereocenters. The van der Waals surface area contributed by atoms with Crippen molar-refractivity contribution < 1.29 is 0 Å². The minimum Gasteiger partial charge on any atom is -0.326 e. The van der Waals surface area contributed by atoms with Gasteiger partial charge < -0.3 is 5.73 Å². The summed E-state index contributed by atoms with van der Waals surface area (Å²) in [5, 5.41) is 0. The summed E-state index contributed by atoms with van der Waals surface area (Å²) in [6, 6.07) is 12.3. The van der Waals surface area contributed by atoms with Crippen LogP contribution in [0.25, 0.3) is 11.3 Å². The molecule has 0 aliphatic rings. The predicted molar refractivity (Wildman–Crippen MR) is 62.3 cm³/mol. The lowest BCUT2D eigenvalue weighted by Gasteiger charge is -2.02. The van der Waals surface area contributed by atoms with Crippen molar-refractivity contribution in [2.45, 2.75) is 13.5 Å². The summed E-state index contributed by atoms with van der Waals surface area (Å²) >= 11 is 0. The molecular weight excluding hydrogens is 184 g/mol. The molecule has 0 aliphatic carbocycles. The molecule has 0 amide bonds. The molecule has 2 N–H and O–H groups in total. The van der Waals surface area contributed by atoms with E-state index in [0.29, 0.717) is 6.54 Å². The van der Waals surface area contributed by atoms with Crippen LogP contribution in [0.1, 0.15) is 11.1 Å². The number of hydrogen-bond donors (Lipinski definition) is 1. The molecule has 0 radical (unpaired) electrons. The van der Waals surface area contributed by atoms with Gasteiger partial charge in [-0.25, -0.2) is 0 Å². The minimum atomic E-state index is 0.585. The van der Waals surface area contributed by atoms with Gasteiger partial charge in [-0.1, -0.05) is 24.3 Å². The predicted octanol–water partition coefficient (Wildman–Crippen LogP) is 2.52. The fourth-order valence-corrected chi connectivity index (χ4v) is 1.51. The van der Waals surface area contributed by atoms with Crippen molar-refractivity contribution in [3.05, 3.63) is 53.7 Å². The van der Waals surface area contributed by atoms with E-state index in [1.54, 1.807) is 0 Å². The molecule has 76 valence electrons. The maximum Gasteiger partial charge on any atom is 0.0704 e. The zero-order chi connectivity index (χ0) is 10.7. The van der Waals surface area contributed by atoms with Gasteiger partial charge in [0.25, 0.3) is 0 Å². The van der Waals surface area contributed by atoms with Gasteiger partial charge in [0.1, 0.15) is 0 Å². The second-order valence-electron chi connectivity index (χ2n) is 3.62. The molecule has 0 saturated heterocycles. The Morgan fingerprint density at radius 1 is 1.13 bits per heavy atom. The normalized spacial score (nSPS) is 10.3. The zero-order valence-electron chi connectivity index (χ0n) is 8.77. The van der Waals surface area contributed by atoms with Gasteiger partial charge in [-0.3, -0.25) is 4.98 Å². The third-order valence-electron chi connectivity index (χ3n) is 2.40. The smallest absolute Gasteiger partial charge is 0.0704 e. The van der Waals surface area contributed by atoms with E-state index in [2.05, 4.69) is 30.1 Å². The maximum atomic E-state index is 5.55. The van der Waals surface area contributed by atoms with Crippen molar-refractivity contribution in [1.29, 1.82) is 0 Å². The molecule has 2 heteroatoms. The molecule has 0 saturated carbocycles. The summed E-state index contributed by atoms with van der Waals surface area (Å²) in [5.74, 6) is 0. The van der Waals surface area contributed by atoms with E-state index in [1.807, 2.05) is 24.4 Å². The van der Waals surface area contributed by atoms with Crippen LogP contribution in [0.5, 0.6) is 0 Å². The van der Waals surface area contributed by atoms with E-state index in [9.17, 15) is 0 Å². The van der Waals surface area contributed by atoms with E-state index in [-0.39, 0.29) is 0 Å². The Hall–Kier alpha value is -1.67. The molecule has 0 spiro atoms. The van der Waals surface area contributed by atoms with Crippen LogP contribution >= 0.6 is 0 Å². The Labute approximate surface area is 89.8 Å². The first-order chi connectivity index (χ1) is 7.29. The standard InChI is InChI=1S/C13H14N2/c1-10-6-7-15-13(8-10)12-4-2-11(9-14)3-5-12/h2-8H,9,14H2,1H3. The van der Waals surface area contributed by atoms with Crippen molar-refractivity contribution in [2.75, 3.05) is 0 Å². The van der Waals surface area contributed by atoms with Gasteiger partial charge in [0.05, 0.1) is 5.69 Å². The molecule has 2 nitrogen and oxygen atoms in total. The Morgan fingerprint density at radius 2 is 1.87 bits per heavy atom. The highest BCUT2D eigenvalue weighted by molar-refractivity contribution is 5.59. The number of nitrogens with zero attached hydrogens (tertiary/aromatic N) is 1. The van der Waals surface area contributed by atoms with Crippen LogP contribution in [0, 0.1) is 6.92 Å². The monoisotopic (exact) mass is 198 g/mol. The molecule has 1 aromatic carbocycles. The summed E-state index contributed by atoms with van der Waals surface area (Å²) in [6.07, 6.45) is 1.83. The summed E-state index contributed by atoms with van der Waals surface area (Å²) in [7, 11) is 0. The van der Waals surface area contributed by atoms with Crippen molar-refractivity contribution in [3.63, 3.8) is 0 Å². The third-order valence-corrected chi connectivity index (χ3v) is 2.40. The summed E-state index contributed by atoms with van der Waals surface area (Å²) in [6.45, 7) is 2.65. The lowest BCUT2D eigenvalue weighted by Crippen LogP contribution is -1.95. The molecule has 2 aromatic rings. The molecule has 2 rings (SSSR count). The molecule has 0 fully saturated rings. The van der Waals surface area contributed by atoms with Crippen LogP contribution in [0.2, 0.25) is 0 Å². The van der Waals surface area contributed by atoms with Crippen molar-refractivity contribution in [2.24, 2.45) is 5.73 Å². The van der Waals surface area contributed by atoms with Gasteiger partial charge >= 0.3 is 0 Å². The Balaban J connectivity index is 2.37. The first kappa shape index (κ1) is 9.87. The van der Waals surface area contributed by atoms with E-state index < -0.39 is 0 Å². The number of aromatic nitrogens is 1. The second kappa shape index (κ2) is 4.24. The summed E-state index contributed by atoms with van der Waals surface area (Å²) in [4.78, 5) is 4.33. The number of benzene rings is 1. The molecular formula is C13H14N2. The van der Waals surface area contributed by atoms with Gasteiger partial charge in [-0.05, 0) is 30.2 Å². The average Bonchev–Trinajstić information content (AvgIpc) is 2.29. The van der Waals surface area contributed by atoms with Gasteiger partial charge in [0.15, 0.2) is 0 Å². The highest BCUT2D eigenvalue weighted by atomic mass is 14.7. The van der Waals surface area contributed by atoms with Crippen LogP contribution in [0.3, 0.4) is 0 Å². The SMILES string of the molecule is Cc1ccnc(-c2ccc(CN)cc2)c1. The fraction of sp³-hybridized carbons (Fsp3) is 0.154. The second-order valence-corrected chi connectivity index (χ2v) is 3.62. The average molecular weight is 198 g/mol. The van der Waals surface area contributed by atoms with Crippen LogP contribution in [0.4, 0.5) is 0 Å². The van der Waals surface area contributed by atoms with Crippen LogP contribution in [-0.4, -0.2) is 4.98 Å². The number of aryl methyl sites for hydroxylation is 1. The number of hydrogen-bond acceptors (Lipinski definition) is 2. The highest BCUT2D eigenvalue weighted by Gasteiger charge is 1.98. The number of nitrogens with two attached hydrogens (primary N) is 1. The maximum absolute atomic E-state index is 5.55. The molecule has 0 unspecified atom stereocenters. The van der Waals surface area contributed by atoms with Gasteiger partial charge in [0, 0.05) is 18.3 Å². The lowest BCUT2D eigenvalue weighted by atomic mass is 10.1. The molecule has 0 aliphatic heterocycles. The van der Waals surface area contributed by atoms with E-state index in [0.717, 1.165) is 16.8 Å². The van der Waals surface area contributed by atoms with Gasteiger partial charge in [-0.15, -0.1) is 0 Å². The van der Waals surface area contributed by atoms with E-state index >= 15 is 0 Å². The van der Waals surface area contributed by atoms with Crippen LogP contribution < -0.4 is 5.73 Å². The van der Waals surface area contributed by atoms with E-state index in [4.69, 9.17) is 5.73 Å². The van der Waals surface area contributed by atoms with Crippen molar-refractivity contribution in [3.8, 4) is 11.3 Å². The van der Waals surface area contributed by atoms with Crippen LogP contribution in [-0.2, 0) is 6.54 Å². The van der Waals surface area contributed by atoms with Crippen LogP contribution in [0.15, 0.2) is 42.6 Å². The van der Waals surface area contributed by atoms with Gasteiger partial charge in [-0.2, -0.15) is 0 Å². The minimum absolute atomic E-state index is 0.585. The first-order valence-electron chi connectivity index (χ1n) is 5.01. The first-order valence-corrected chi connectivity index (χ1v) is 5.01. The van der Waals surface area contributed by atoms with Crippen molar-refractivity contribution >= 4 is 0 Å². The highest BCUT2D eigenvalue weighted by Crippen LogP contribution is 2.17. The quantitative estimate of drug-likeness (QED) is 0.805. The number of pyridine rings is 1.